The van der Waals surface area contributed by atoms with Crippen molar-refractivity contribution < 1.29 is 5.11 Å². The Kier molecular flexibility index (Phi) is 3.25. The Labute approximate surface area is 112 Å². The molecule has 3 rings (SSSR count). The van der Waals surface area contributed by atoms with Gasteiger partial charge in [-0.15, -0.1) is 0 Å². The Hall–Kier alpha value is -2.19. The summed E-state index contributed by atoms with van der Waals surface area (Å²) in [7, 11) is 0. The molecule has 94 valence electrons. The lowest BCUT2D eigenvalue weighted by Gasteiger charge is -2.11. The Morgan fingerprint density at radius 1 is 0.947 bits per heavy atom. The summed E-state index contributed by atoms with van der Waals surface area (Å²) in [6.45, 7) is 0. The molecule has 2 aromatic carbocycles. The number of aliphatic hydroxyl groups is 1. The zero-order valence-corrected chi connectivity index (χ0v) is 10.5. The van der Waals surface area contributed by atoms with Crippen molar-refractivity contribution in [3.05, 3.63) is 78.0 Å². The van der Waals surface area contributed by atoms with E-state index >= 15 is 0 Å². The molecule has 1 unspecified atom stereocenters. The molecule has 0 aliphatic heterocycles. The van der Waals surface area contributed by atoms with Gasteiger partial charge in [0, 0.05) is 18.0 Å². The Bertz CT molecular complexity index is 679. The number of pyridine rings is 1. The van der Waals surface area contributed by atoms with E-state index in [0.717, 1.165) is 22.0 Å². The van der Waals surface area contributed by atoms with Gasteiger partial charge in [-0.05, 0) is 23.3 Å². The summed E-state index contributed by atoms with van der Waals surface area (Å²) in [6, 6.07) is 19.9. The number of hydrogen-bond acceptors (Lipinski definition) is 2. The maximum Gasteiger partial charge on any atom is 0.0831 e. The van der Waals surface area contributed by atoms with E-state index in [1.807, 2.05) is 60.7 Å². The molecule has 0 aliphatic rings. The van der Waals surface area contributed by atoms with Gasteiger partial charge in [-0.2, -0.15) is 0 Å². The highest BCUT2D eigenvalue weighted by Gasteiger charge is 2.09. The van der Waals surface area contributed by atoms with E-state index in [1.165, 1.54) is 0 Å². The molecule has 1 atom stereocenters. The molecule has 2 heteroatoms. The maximum atomic E-state index is 10.3. The first-order valence-electron chi connectivity index (χ1n) is 6.39. The fraction of sp³-hybridized carbons (Fsp3) is 0.118. The highest BCUT2D eigenvalue weighted by Crippen LogP contribution is 2.21. The molecule has 3 aromatic rings. The van der Waals surface area contributed by atoms with Gasteiger partial charge in [-0.25, -0.2) is 0 Å². The second-order valence-corrected chi connectivity index (χ2v) is 4.66. The summed E-state index contributed by atoms with van der Waals surface area (Å²) in [4.78, 5) is 4.32. The zero-order chi connectivity index (χ0) is 13.1. The lowest BCUT2D eigenvalue weighted by molar-refractivity contribution is 0.178. The van der Waals surface area contributed by atoms with Crippen LogP contribution in [0.4, 0.5) is 0 Å². The van der Waals surface area contributed by atoms with Crippen molar-refractivity contribution in [3.63, 3.8) is 0 Å². The number of benzene rings is 2. The highest BCUT2D eigenvalue weighted by atomic mass is 16.3. The quantitative estimate of drug-likeness (QED) is 0.770. The van der Waals surface area contributed by atoms with Crippen LogP contribution in [-0.4, -0.2) is 10.1 Å². The van der Waals surface area contributed by atoms with Crippen molar-refractivity contribution in [2.24, 2.45) is 0 Å². The van der Waals surface area contributed by atoms with Crippen molar-refractivity contribution in [2.75, 3.05) is 0 Å². The third kappa shape index (κ3) is 2.64. The van der Waals surface area contributed by atoms with Crippen LogP contribution < -0.4 is 0 Å². The first-order valence-corrected chi connectivity index (χ1v) is 6.39. The van der Waals surface area contributed by atoms with Crippen molar-refractivity contribution in [2.45, 2.75) is 12.5 Å². The summed E-state index contributed by atoms with van der Waals surface area (Å²) in [5.74, 6) is 0. The van der Waals surface area contributed by atoms with Gasteiger partial charge in [-0.3, -0.25) is 4.98 Å². The number of nitrogens with zero attached hydrogens (tertiary/aromatic N) is 1. The first kappa shape index (κ1) is 11.9. The number of aliphatic hydroxyl groups excluding tert-OH is 1. The number of hydrogen-bond donors (Lipinski definition) is 1. The second kappa shape index (κ2) is 5.21. The molecule has 0 bridgehead atoms. The lowest BCUT2D eigenvalue weighted by atomic mass is 10.0. The minimum atomic E-state index is -0.492. The molecule has 2 nitrogen and oxygen atoms in total. The fourth-order valence-corrected chi connectivity index (χ4v) is 2.25. The average molecular weight is 249 g/mol. The molecule has 0 fully saturated rings. The van der Waals surface area contributed by atoms with Crippen LogP contribution in [0.25, 0.3) is 10.9 Å². The third-order valence-corrected chi connectivity index (χ3v) is 3.29. The Balaban J connectivity index is 1.87. The fourth-order valence-electron chi connectivity index (χ4n) is 2.25. The second-order valence-electron chi connectivity index (χ2n) is 4.66. The first-order chi connectivity index (χ1) is 9.33. The van der Waals surface area contributed by atoms with Crippen LogP contribution in [0.1, 0.15) is 17.2 Å². The van der Waals surface area contributed by atoms with E-state index in [-0.39, 0.29) is 0 Å². The van der Waals surface area contributed by atoms with Gasteiger partial charge in [0.15, 0.2) is 0 Å². The maximum absolute atomic E-state index is 10.3. The van der Waals surface area contributed by atoms with Crippen LogP contribution in [0, 0.1) is 0 Å². The molecule has 0 radical (unpaired) electrons. The van der Waals surface area contributed by atoms with Gasteiger partial charge in [-0.1, -0.05) is 48.5 Å². The number of fused-ring (bicyclic) bond motifs is 1. The topological polar surface area (TPSA) is 33.1 Å². The van der Waals surface area contributed by atoms with Gasteiger partial charge < -0.3 is 5.11 Å². The van der Waals surface area contributed by atoms with E-state index in [2.05, 4.69) is 4.98 Å². The van der Waals surface area contributed by atoms with E-state index in [1.54, 1.807) is 6.20 Å². The minimum absolute atomic E-state index is 0.492. The van der Waals surface area contributed by atoms with Crippen LogP contribution in [0.2, 0.25) is 0 Å². The molecule has 1 aromatic heterocycles. The van der Waals surface area contributed by atoms with E-state index in [4.69, 9.17) is 0 Å². The summed E-state index contributed by atoms with van der Waals surface area (Å²) >= 11 is 0. The number of rotatable bonds is 3. The average Bonchev–Trinajstić information content (AvgIpc) is 2.48. The van der Waals surface area contributed by atoms with Crippen molar-refractivity contribution in [3.8, 4) is 0 Å². The van der Waals surface area contributed by atoms with Gasteiger partial charge >= 0.3 is 0 Å². The summed E-state index contributed by atoms with van der Waals surface area (Å²) in [5.41, 5.74) is 2.97. The summed E-state index contributed by atoms with van der Waals surface area (Å²) in [6.07, 6.45) is 1.91. The standard InChI is InChI=1S/C17H15NO/c19-17(11-13-5-2-1-3-6-13)15-9-8-14-7-4-10-18-16(14)12-15/h1-10,12,17,19H,11H2. The van der Waals surface area contributed by atoms with E-state index in [9.17, 15) is 5.11 Å². The number of aromatic nitrogens is 1. The Morgan fingerprint density at radius 3 is 2.63 bits per heavy atom. The molecule has 0 saturated carbocycles. The molecule has 0 amide bonds. The summed E-state index contributed by atoms with van der Waals surface area (Å²) < 4.78 is 0. The molecule has 0 aliphatic carbocycles. The van der Waals surface area contributed by atoms with Gasteiger partial charge in [0.25, 0.3) is 0 Å². The molecule has 0 saturated heterocycles. The van der Waals surface area contributed by atoms with E-state index < -0.39 is 6.10 Å². The van der Waals surface area contributed by atoms with Crippen LogP contribution in [0.15, 0.2) is 66.9 Å². The van der Waals surface area contributed by atoms with E-state index in [0.29, 0.717) is 6.42 Å². The molecule has 0 spiro atoms. The van der Waals surface area contributed by atoms with Crippen molar-refractivity contribution >= 4 is 10.9 Å². The lowest BCUT2D eigenvalue weighted by Crippen LogP contribution is -2.01. The molecule has 19 heavy (non-hydrogen) atoms. The minimum Gasteiger partial charge on any atom is -0.388 e. The molecular formula is C17H15NO. The molecule has 1 heterocycles. The van der Waals surface area contributed by atoms with Gasteiger partial charge in [0.2, 0.25) is 0 Å². The van der Waals surface area contributed by atoms with Crippen molar-refractivity contribution in [1.29, 1.82) is 0 Å². The SMILES string of the molecule is OC(Cc1ccccc1)c1ccc2cccnc2c1. The zero-order valence-electron chi connectivity index (χ0n) is 10.5. The predicted octanol–water partition coefficient (Wildman–Crippen LogP) is 3.51. The predicted molar refractivity (Wildman–Crippen MR) is 76.8 cm³/mol. The smallest absolute Gasteiger partial charge is 0.0831 e. The largest absolute Gasteiger partial charge is 0.388 e. The van der Waals surface area contributed by atoms with Crippen LogP contribution in [0.3, 0.4) is 0 Å². The van der Waals surface area contributed by atoms with Gasteiger partial charge in [0.05, 0.1) is 11.6 Å². The normalized spacial score (nSPS) is 12.5. The van der Waals surface area contributed by atoms with Crippen LogP contribution in [-0.2, 0) is 6.42 Å². The van der Waals surface area contributed by atoms with Gasteiger partial charge in [0.1, 0.15) is 0 Å². The molecule has 1 N–H and O–H groups in total. The molecular weight excluding hydrogens is 234 g/mol. The van der Waals surface area contributed by atoms with Crippen LogP contribution in [0.5, 0.6) is 0 Å². The van der Waals surface area contributed by atoms with Crippen LogP contribution >= 0.6 is 0 Å². The monoisotopic (exact) mass is 249 g/mol. The highest BCUT2D eigenvalue weighted by molar-refractivity contribution is 5.78. The summed E-state index contributed by atoms with van der Waals surface area (Å²) in [5, 5.41) is 11.4. The third-order valence-electron chi connectivity index (χ3n) is 3.29. The Morgan fingerprint density at radius 2 is 1.79 bits per heavy atom. The van der Waals surface area contributed by atoms with Crippen molar-refractivity contribution in [1.82, 2.24) is 4.98 Å².